The van der Waals surface area contributed by atoms with Gasteiger partial charge in [0, 0.05) is 0 Å². The highest BCUT2D eigenvalue weighted by Gasteiger charge is 2.27. The molecule has 3 N–H and O–H groups in total. The van der Waals surface area contributed by atoms with Crippen LogP contribution in [0.5, 0.6) is 0 Å². The summed E-state index contributed by atoms with van der Waals surface area (Å²) in [7, 11) is 0. The Morgan fingerprint density at radius 3 is 2.72 bits per heavy atom. The summed E-state index contributed by atoms with van der Waals surface area (Å²) in [5, 5.41) is 23.1. The van der Waals surface area contributed by atoms with Gasteiger partial charge in [-0.3, -0.25) is 4.79 Å². The van der Waals surface area contributed by atoms with Gasteiger partial charge in [-0.05, 0) is 15.9 Å². The van der Waals surface area contributed by atoms with Crippen LogP contribution in [0.25, 0.3) is 0 Å². The van der Waals surface area contributed by atoms with Crippen LogP contribution in [0.4, 0.5) is 14.5 Å². The molecular weight excluding hydrogens is 316 g/mol. The summed E-state index contributed by atoms with van der Waals surface area (Å²) in [6, 6.07) is 0. The standard InChI is InChI=1S/C9H12BrF2N3O3/c10-7-6(13-4-9(11,12)5-17)3-14-15(1-2-16)8(7)18/h3,13,16-17H,1-2,4-5H2. The molecule has 0 saturated carbocycles. The second-order valence-electron chi connectivity index (χ2n) is 3.49. The lowest BCUT2D eigenvalue weighted by Gasteiger charge is -2.15. The van der Waals surface area contributed by atoms with E-state index in [2.05, 4.69) is 26.3 Å². The van der Waals surface area contributed by atoms with E-state index >= 15 is 0 Å². The van der Waals surface area contributed by atoms with E-state index in [1.807, 2.05) is 0 Å². The molecule has 0 spiro atoms. The summed E-state index contributed by atoms with van der Waals surface area (Å²) in [6.07, 6.45) is 1.19. The zero-order valence-electron chi connectivity index (χ0n) is 9.24. The van der Waals surface area contributed by atoms with Crippen molar-refractivity contribution in [1.82, 2.24) is 9.78 Å². The molecule has 6 nitrogen and oxygen atoms in total. The highest BCUT2D eigenvalue weighted by atomic mass is 79.9. The summed E-state index contributed by atoms with van der Waals surface area (Å²) >= 11 is 2.97. The Balaban J connectivity index is 2.86. The molecule has 1 aromatic rings. The fourth-order valence-electron chi connectivity index (χ4n) is 1.12. The lowest BCUT2D eigenvalue weighted by molar-refractivity contribution is -0.0373. The molecule has 0 fully saturated rings. The van der Waals surface area contributed by atoms with Crippen LogP contribution in [-0.2, 0) is 6.54 Å². The summed E-state index contributed by atoms with van der Waals surface area (Å²) < 4.78 is 26.7. The molecule has 1 heterocycles. The molecule has 18 heavy (non-hydrogen) atoms. The van der Waals surface area contributed by atoms with Gasteiger partial charge in [0.25, 0.3) is 11.5 Å². The minimum absolute atomic E-state index is 0.0184. The minimum atomic E-state index is -3.28. The van der Waals surface area contributed by atoms with Crippen LogP contribution in [0.2, 0.25) is 0 Å². The lowest BCUT2D eigenvalue weighted by Crippen LogP contribution is -2.32. The molecule has 0 aliphatic rings. The number of aliphatic hydroxyl groups excluding tert-OH is 2. The maximum Gasteiger partial charge on any atom is 0.287 e. The molecule has 9 heteroatoms. The van der Waals surface area contributed by atoms with Gasteiger partial charge in [-0.2, -0.15) is 5.10 Å². The van der Waals surface area contributed by atoms with Gasteiger partial charge < -0.3 is 15.5 Å². The van der Waals surface area contributed by atoms with E-state index in [0.717, 1.165) is 4.68 Å². The van der Waals surface area contributed by atoms with Crippen LogP contribution in [0.3, 0.4) is 0 Å². The van der Waals surface area contributed by atoms with Crippen LogP contribution < -0.4 is 10.9 Å². The van der Waals surface area contributed by atoms with Crippen molar-refractivity contribution in [3.63, 3.8) is 0 Å². The van der Waals surface area contributed by atoms with Crippen molar-refractivity contribution < 1.29 is 19.0 Å². The summed E-state index contributed by atoms with van der Waals surface area (Å²) in [4.78, 5) is 11.6. The average Bonchev–Trinajstić information content (AvgIpc) is 2.34. The minimum Gasteiger partial charge on any atom is -0.394 e. The van der Waals surface area contributed by atoms with Crippen LogP contribution in [0.15, 0.2) is 15.5 Å². The van der Waals surface area contributed by atoms with Gasteiger partial charge in [-0.25, -0.2) is 13.5 Å². The average molecular weight is 328 g/mol. The van der Waals surface area contributed by atoms with Gasteiger partial charge in [0.2, 0.25) is 0 Å². The van der Waals surface area contributed by atoms with Crippen molar-refractivity contribution in [1.29, 1.82) is 0 Å². The van der Waals surface area contributed by atoms with E-state index in [1.165, 1.54) is 6.20 Å². The van der Waals surface area contributed by atoms with Gasteiger partial charge in [-0.15, -0.1) is 0 Å². The maximum atomic E-state index is 12.8. The number of alkyl halides is 2. The van der Waals surface area contributed by atoms with Crippen LogP contribution in [0, 0.1) is 0 Å². The summed E-state index contributed by atoms with van der Waals surface area (Å²) in [5.41, 5.74) is -0.441. The molecule has 0 radical (unpaired) electrons. The number of nitrogens with zero attached hydrogens (tertiary/aromatic N) is 2. The first-order valence-corrected chi connectivity index (χ1v) is 5.79. The molecular formula is C9H12BrF2N3O3. The van der Waals surface area contributed by atoms with Gasteiger partial charge in [0.15, 0.2) is 0 Å². The molecule has 0 amide bonds. The van der Waals surface area contributed by atoms with Crippen molar-refractivity contribution in [3.8, 4) is 0 Å². The normalized spacial score (nSPS) is 11.6. The number of rotatable bonds is 6. The third kappa shape index (κ3) is 3.72. The number of aliphatic hydroxyl groups is 2. The van der Waals surface area contributed by atoms with Crippen molar-refractivity contribution in [2.75, 3.05) is 25.1 Å². The molecule has 0 atom stereocenters. The second-order valence-corrected chi connectivity index (χ2v) is 4.28. The predicted molar refractivity (Wildman–Crippen MR) is 63.8 cm³/mol. The largest absolute Gasteiger partial charge is 0.394 e. The Morgan fingerprint density at radius 2 is 2.17 bits per heavy atom. The predicted octanol–water partition coefficient (Wildman–Crippen LogP) is 0.0376. The first-order chi connectivity index (χ1) is 8.41. The van der Waals surface area contributed by atoms with Crippen molar-refractivity contribution in [2.24, 2.45) is 0 Å². The van der Waals surface area contributed by atoms with Crippen LogP contribution in [-0.4, -0.2) is 45.7 Å². The van der Waals surface area contributed by atoms with E-state index in [9.17, 15) is 13.6 Å². The Kier molecular flexibility index (Phi) is 5.17. The Labute approximate surface area is 109 Å². The first kappa shape index (κ1) is 15.0. The summed E-state index contributed by atoms with van der Waals surface area (Å²) in [5.74, 6) is -3.28. The van der Waals surface area contributed by atoms with Crippen molar-refractivity contribution in [3.05, 3.63) is 21.0 Å². The molecule has 0 unspecified atom stereocenters. The summed E-state index contributed by atoms with van der Waals surface area (Å²) in [6.45, 7) is -2.33. The zero-order chi connectivity index (χ0) is 13.8. The Morgan fingerprint density at radius 1 is 1.50 bits per heavy atom. The highest BCUT2D eigenvalue weighted by molar-refractivity contribution is 9.10. The fraction of sp³-hybridized carbons (Fsp3) is 0.556. The van der Waals surface area contributed by atoms with Crippen LogP contribution >= 0.6 is 15.9 Å². The molecule has 0 aliphatic heterocycles. The first-order valence-electron chi connectivity index (χ1n) is 5.00. The van der Waals surface area contributed by atoms with E-state index in [4.69, 9.17) is 10.2 Å². The van der Waals surface area contributed by atoms with Gasteiger partial charge in [0.05, 0.1) is 31.6 Å². The van der Waals surface area contributed by atoms with Crippen molar-refractivity contribution >= 4 is 21.6 Å². The highest BCUT2D eigenvalue weighted by Crippen LogP contribution is 2.19. The zero-order valence-corrected chi connectivity index (χ0v) is 10.8. The lowest BCUT2D eigenvalue weighted by atomic mass is 10.3. The van der Waals surface area contributed by atoms with Gasteiger partial charge in [0.1, 0.15) is 11.1 Å². The second kappa shape index (κ2) is 6.21. The Hall–Kier alpha value is -1.06. The SMILES string of the molecule is O=c1c(Br)c(NCC(F)(F)CO)cnn1CCO. The molecule has 0 aromatic carbocycles. The molecule has 0 saturated heterocycles. The number of anilines is 1. The molecule has 0 aliphatic carbocycles. The number of nitrogens with one attached hydrogen (secondary N) is 1. The molecule has 0 bridgehead atoms. The topological polar surface area (TPSA) is 87.4 Å². The Bertz CT molecular complexity index is 467. The molecule has 1 aromatic heterocycles. The van der Waals surface area contributed by atoms with Crippen molar-refractivity contribution in [2.45, 2.75) is 12.5 Å². The maximum absolute atomic E-state index is 12.8. The van der Waals surface area contributed by atoms with E-state index in [0.29, 0.717) is 0 Å². The van der Waals surface area contributed by atoms with Gasteiger partial charge >= 0.3 is 0 Å². The number of halogens is 3. The number of aromatic nitrogens is 2. The monoisotopic (exact) mass is 327 g/mol. The smallest absolute Gasteiger partial charge is 0.287 e. The van der Waals surface area contributed by atoms with Crippen LogP contribution in [0.1, 0.15) is 0 Å². The molecule has 1 rings (SSSR count). The molecule has 102 valence electrons. The fourth-order valence-corrected chi connectivity index (χ4v) is 1.57. The van der Waals surface area contributed by atoms with Gasteiger partial charge in [-0.1, -0.05) is 0 Å². The van der Waals surface area contributed by atoms with E-state index in [-0.39, 0.29) is 23.3 Å². The quantitative estimate of drug-likeness (QED) is 0.686. The number of hydrogen-bond donors (Lipinski definition) is 3. The van der Waals surface area contributed by atoms with E-state index < -0.39 is 24.6 Å². The number of hydrogen-bond acceptors (Lipinski definition) is 5. The third-order valence-corrected chi connectivity index (χ3v) is 2.83. The van der Waals surface area contributed by atoms with E-state index in [1.54, 1.807) is 0 Å². The third-order valence-electron chi connectivity index (χ3n) is 2.07.